The molecule has 0 aromatic rings. The van der Waals surface area contributed by atoms with Gasteiger partial charge in [0.25, 0.3) is 0 Å². The fourth-order valence-corrected chi connectivity index (χ4v) is 0.508. The molecule has 0 saturated carbocycles. The third kappa shape index (κ3) is 3.40. The Balaban J connectivity index is 3.46. The normalized spacial score (nSPS) is 12.8. The molecule has 0 radical (unpaired) electrons. The fraction of sp³-hybridized carbons (Fsp3) is 0.833. The van der Waals surface area contributed by atoms with Crippen molar-refractivity contribution in [3.8, 4) is 0 Å². The first-order valence-electron chi connectivity index (χ1n) is 2.99. The number of hydrogen-bond donors (Lipinski definition) is 1. The van der Waals surface area contributed by atoms with Crippen molar-refractivity contribution < 1.29 is 9.53 Å². The molecular weight excluding hydrogens is 136 g/mol. The summed E-state index contributed by atoms with van der Waals surface area (Å²) < 4.78 is 4.71. The zero-order valence-electron chi connectivity index (χ0n) is 5.76. The van der Waals surface area contributed by atoms with E-state index in [0.29, 0.717) is 12.4 Å². The van der Waals surface area contributed by atoms with Crippen LogP contribution in [0.25, 0.3) is 0 Å². The number of carbonyl (C=O) groups excluding carboxylic acids is 1. The van der Waals surface area contributed by atoms with Gasteiger partial charge in [0.15, 0.2) is 0 Å². The minimum Gasteiger partial charge on any atom is -0.466 e. The van der Waals surface area contributed by atoms with Crippen molar-refractivity contribution in [3.63, 3.8) is 0 Å². The van der Waals surface area contributed by atoms with Crippen LogP contribution in [0.15, 0.2) is 0 Å². The van der Waals surface area contributed by atoms with Crippen LogP contribution in [0.2, 0.25) is 0 Å². The molecule has 0 spiro atoms. The summed E-state index contributed by atoms with van der Waals surface area (Å²) >= 11 is 3.95. The van der Waals surface area contributed by atoms with E-state index in [0.717, 1.165) is 0 Å². The zero-order chi connectivity index (χ0) is 7.28. The van der Waals surface area contributed by atoms with Gasteiger partial charge >= 0.3 is 5.97 Å². The predicted octanol–water partition coefficient (Wildman–Crippen LogP) is 1.12. The molecule has 1 atom stereocenters. The van der Waals surface area contributed by atoms with Gasteiger partial charge in [-0.05, 0) is 6.92 Å². The molecule has 0 fully saturated rings. The number of ether oxygens (including phenoxy) is 1. The summed E-state index contributed by atoms with van der Waals surface area (Å²) in [5.74, 6) is 0.319. The van der Waals surface area contributed by atoms with E-state index < -0.39 is 0 Å². The van der Waals surface area contributed by atoms with Gasteiger partial charge in [0.1, 0.15) is 0 Å². The van der Waals surface area contributed by atoms with Crippen LogP contribution < -0.4 is 0 Å². The highest BCUT2D eigenvalue weighted by Gasteiger charge is 2.10. The molecule has 0 aliphatic carbocycles. The average Bonchev–Trinajstić information content (AvgIpc) is 1.87. The van der Waals surface area contributed by atoms with E-state index in [9.17, 15) is 4.79 Å². The van der Waals surface area contributed by atoms with Gasteiger partial charge in [-0.25, -0.2) is 0 Å². The van der Waals surface area contributed by atoms with Gasteiger partial charge in [-0.3, -0.25) is 4.79 Å². The van der Waals surface area contributed by atoms with Crippen LogP contribution in [0, 0.1) is 5.92 Å². The molecule has 54 valence electrons. The molecule has 9 heavy (non-hydrogen) atoms. The number of hydrogen-bond acceptors (Lipinski definition) is 3. The van der Waals surface area contributed by atoms with Crippen LogP contribution in [-0.4, -0.2) is 18.3 Å². The first-order valence-corrected chi connectivity index (χ1v) is 3.63. The van der Waals surface area contributed by atoms with Crippen molar-refractivity contribution in [1.29, 1.82) is 0 Å². The van der Waals surface area contributed by atoms with E-state index in [1.54, 1.807) is 13.8 Å². The monoisotopic (exact) mass is 148 g/mol. The summed E-state index contributed by atoms with van der Waals surface area (Å²) in [6.07, 6.45) is 0. The van der Waals surface area contributed by atoms with Crippen LogP contribution in [0.4, 0.5) is 0 Å². The Hall–Kier alpha value is -0.180. The number of esters is 1. The number of carbonyl (C=O) groups is 1. The van der Waals surface area contributed by atoms with Crippen LogP contribution in [0.3, 0.4) is 0 Å². The molecule has 3 heteroatoms. The molecule has 0 aromatic heterocycles. The van der Waals surface area contributed by atoms with E-state index >= 15 is 0 Å². The smallest absolute Gasteiger partial charge is 0.309 e. The number of rotatable bonds is 3. The van der Waals surface area contributed by atoms with Crippen LogP contribution in [0.1, 0.15) is 13.8 Å². The number of thiol groups is 1. The van der Waals surface area contributed by atoms with E-state index in [-0.39, 0.29) is 11.9 Å². The lowest BCUT2D eigenvalue weighted by molar-refractivity contribution is -0.146. The maximum Gasteiger partial charge on any atom is 0.309 e. The summed E-state index contributed by atoms with van der Waals surface area (Å²) in [6, 6.07) is 0. The van der Waals surface area contributed by atoms with E-state index in [2.05, 4.69) is 12.6 Å². The van der Waals surface area contributed by atoms with Crippen molar-refractivity contribution in [1.82, 2.24) is 0 Å². The Morgan fingerprint density at radius 3 is 2.67 bits per heavy atom. The highest BCUT2D eigenvalue weighted by molar-refractivity contribution is 7.80. The van der Waals surface area contributed by atoms with Crippen LogP contribution >= 0.6 is 12.6 Å². The molecule has 0 rings (SSSR count). The van der Waals surface area contributed by atoms with Crippen LogP contribution in [-0.2, 0) is 9.53 Å². The molecule has 0 N–H and O–H groups in total. The van der Waals surface area contributed by atoms with Crippen LogP contribution in [0.5, 0.6) is 0 Å². The molecule has 0 aromatic carbocycles. The molecule has 0 saturated heterocycles. The molecule has 0 unspecified atom stereocenters. The SMILES string of the molecule is CCOC(=O)[C@@H](C)CS. The fourth-order valence-electron chi connectivity index (χ4n) is 0.359. The first kappa shape index (κ1) is 8.82. The summed E-state index contributed by atoms with van der Waals surface area (Å²) in [5.41, 5.74) is 0. The van der Waals surface area contributed by atoms with Gasteiger partial charge in [0.2, 0.25) is 0 Å². The maximum atomic E-state index is 10.7. The van der Waals surface area contributed by atoms with Crippen molar-refractivity contribution >= 4 is 18.6 Å². The van der Waals surface area contributed by atoms with Crippen molar-refractivity contribution in [2.45, 2.75) is 13.8 Å². The predicted molar refractivity (Wildman–Crippen MR) is 39.7 cm³/mol. The Morgan fingerprint density at radius 1 is 1.78 bits per heavy atom. The second-order valence-electron chi connectivity index (χ2n) is 1.84. The molecule has 0 heterocycles. The topological polar surface area (TPSA) is 26.3 Å². The van der Waals surface area contributed by atoms with Crippen molar-refractivity contribution in [3.05, 3.63) is 0 Å². The average molecular weight is 148 g/mol. The molecule has 0 aliphatic rings. The van der Waals surface area contributed by atoms with Gasteiger partial charge in [-0.1, -0.05) is 6.92 Å². The van der Waals surface area contributed by atoms with Gasteiger partial charge in [0.05, 0.1) is 12.5 Å². The lowest BCUT2D eigenvalue weighted by Gasteiger charge is -2.05. The molecule has 0 aliphatic heterocycles. The third-order valence-electron chi connectivity index (χ3n) is 0.963. The Bertz CT molecular complexity index is 93.1. The van der Waals surface area contributed by atoms with E-state index in [1.807, 2.05) is 0 Å². The minimum absolute atomic E-state index is 0.0757. The lowest BCUT2D eigenvalue weighted by Crippen LogP contribution is -2.15. The lowest BCUT2D eigenvalue weighted by atomic mass is 10.2. The van der Waals surface area contributed by atoms with Crippen molar-refractivity contribution in [2.75, 3.05) is 12.4 Å². The first-order chi connectivity index (χ1) is 4.22. The highest BCUT2D eigenvalue weighted by Crippen LogP contribution is 1.99. The van der Waals surface area contributed by atoms with Gasteiger partial charge in [-0.15, -0.1) is 0 Å². The second-order valence-corrected chi connectivity index (χ2v) is 2.20. The van der Waals surface area contributed by atoms with E-state index in [1.165, 1.54) is 0 Å². The Labute approximate surface area is 61.0 Å². The van der Waals surface area contributed by atoms with E-state index in [4.69, 9.17) is 4.74 Å². The third-order valence-corrected chi connectivity index (χ3v) is 1.51. The largest absolute Gasteiger partial charge is 0.466 e. The minimum atomic E-state index is -0.160. The summed E-state index contributed by atoms with van der Waals surface area (Å²) in [4.78, 5) is 10.7. The maximum absolute atomic E-state index is 10.7. The standard InChI is InChI=1S/C6H12O2S/c1-3-8-6(7)5(2)4-9/h5,9H,3-4H2,1-2H3/t5-/m0/s1. The van der Waals surface area contributed by atoms with Gasteiger partial charge in [0, 0.05) is 5.75 Å². The quantitative estimate of drug-likeness (QED) is 0.479. The highest BCUT2D eigenvalue weighted by atomic mass is 32.1. The van der Waals surface area contributed by atoms with Gasteiger partial charge in [-0.2, -0.15) is 12.6 Å². The Kier molecular flexibility index (Phi) is 4.58. The second kappa shape index (κ2) is 4.68. The zero-order valence-corrected chi connectivity index (χ0v) is 6.65. The Morgan fingerprint density at radius 2 is 2.33 bits per heavy atom. The molecule has 0 amide bonds. The molecule has 2 nitrogen and oxygen atoms in total. The van der Waals surface area contributed by atoms with Crippen molar-refractivity contribution in [2.24, 2.45) is 5.92 Å². The summed E-state index contributed by atoms with van der Waals surface area (Å²) in [6.45, 7) is 4.05. The molecule has 0 bridgehead atoms. The summed E-state index contributed by atoms with van der Waals surface area (Å²) in [7, 11) is 0. The summed E-state index contributed by atoms with van der Waals surface area (Å²) in [5, 5.41) is 0. The van der Waals surface area contributed by atoms with Gasteiger partial charge < -0.3 is 4.74 Å². The molecular formula is C6H12O2S.